The third kappa shape index (κ3) is 2.56. The lowest BCUT2D eigenvalue weighted by Crippen LogP contribution is -2.17. The average Bonchev–Trinajstić information content (AvgIpc) is 2.36. The molecule has 1 heterocycles. The molecule has 0 radical (unpaired) electrons. The summed E-state index contributed by atoms with van der Waals surface area (Å²) in [5.41, 5.74) is 5.54. The summed E-state index contributed by atoms with van der Waals surface area (Å²) in [5.74, 6) is 0.517. The molecule has 0 saturated carbocycles. The normalized spacial score (nSPS) is 13.3. The summed E-state index contributed by atoms with van der Waals surface area (Å²) in [6.07, 6.45) is 1.87. The van der Waals surface area contributed by atoms with Crippen LogP contribution in [-0.4, -0.2) is 16.1 Å². The zero-order chi connectivity index (χ0) is 9.14. The first-order chi connectivity index (χ1) is 5.65. The van der Waals surface area contributed by atoms with E-state index in [4.69, 9.17) is 5.73 Å². The first-order valence-corrected chi connectivity index (χ1v) is 5.87. The van der Waals surface area contributed by atoms with E-state index in [2.05, 4.69) is 61.7 Å². The van der Waals surface area contributed by atoms with E-state index in [1.807, 2.05) is 6.33 Å². The monoisotopic (exact) mass is 391 g/mol. The highest BCUT2D eigenvalue weighted by molar-refractivity contribution is 14.1. The Hall–Kier alpha value is 0.630. The second-order valence-electron chi connectivity index (χ2n) is 2.82. The molecule has 1 unspecified atom stereocenters. The minimum absolute atomic E-state index is 0.517. The van der Waals surface area contributed by atoms with Crippen molar-refractivity contribution in [1.82, 2.24) is 9.55 Å². The van der Waals surface area contributed by atoms with Gasteiger partial charge in [-0.2, -0.15) is 0 Å². The molecule has 1 aromatic heterocycles. The molecule has 1 atom stereocenters. The highest BCUT2D eigenvalue weighted by Crippen LogP contribution is 2.14. The van der Waals surface area contributed by atoms with Crippen LogP contribution in [0, 0.1) is 13.3 Å². The molecular formula is C7H11I2N3. The van der Waals surface area contributed by atoms with E-state index >= 15 is 0 Å². The Morgan fingerprint density at radius 3 is 2.75 bits per heavy atom. The van der Waals surface area contributed by atoms with Crippen LogP contribution < -0.4 is 5.73 Å². The van der Waals surface area contributed by atoms with Crippen molar-refractivity contribution in [2.24, 2.45) is 11.7 Å². The van der Waals surface area contributed by atoms with E-state index in [0.717, 1.165) is 16.8 Å². The van der Waals surface area contributed by atoms with Gasteiger partial charge in [-0.25, -0.2) is 4.98 Å². The van der Waals surface area contributed by atoms with Gasteiger partial charge in [-0.1, -0.05) is 6.92 Å². The van der Waals surface area contributed by atoms with Gasteiger partial charge < -0.3 is 10.3 Å². The third-order valence-electron chi connectivity index (χ3n) is 1.64. The van der Waals surface area contributed by atoms with Crippen molar-refractivity contribution in [3.8, 4) is 0 Å². The predicted octanol–water partition coefficient (Wildman–Crippen LogP) is 1.69. The minimum Gasteiger partial charge on any atom is -0.330 e. The molecule has 2 N–H and O–H groups in total. The summed E-state index contributed by atoms with van der Waals surface area (Å²) in [5, 5.41) is 0. The minimum atomic E-state index is 0.517. The Balaban J connectivity index is 2.69. The van der Waals surface area contributed by atoms with Gasteiger partial charge in [0.05, 0.1) is 6.33 Å². The fraction of sp³-hybridized carbons (Fsp3) is 0.571. The number of rotatable bonds is 3. The summed E-state index contributed by atoms with van der Waals surface area (Å²) in [6, 6.07) is 0. The first-order valence-electron chi connectivity index (χ1n) is 3.71. The fourth-order valence-corrected chi connectivity index (χ4v) is 1.78. The van der Waals surface area contributed by atoms with Crippen LogP contribution >= 0.6 is 45.2 Å². The number of hydrogen-bond acceptors (Lipinski definition) is 2. The van der Waals surface area contributed by atoms with Crippen LogP contribution in [0.1, 0.15) is 6.92 Å². The third-order valence-corrected chi connectivity index (χ3v) is 4.60. The van der Waals surface area contributed by atoms with Crippen LogP contribution in [0.3, 0.4) is 0 Å². The summed E-state index contributed by atoms with van der Waals surface area (Å²) in [6.45, 7) is 3.83. The molecule has 0 saturated heterocycles. The molecule has 1 rings (SSSR count). The van der Waals surface area contributed by atoms with Gasteiger partial charge in [0, 0.05) is 6.54 Å². The highest BCUT2D eigenvalue weighted by atomic mass is 127. The van der Waals surface area contributed by atoms with Crippen molar-refractivity contribution in [3.05, 3.63) is 13.7 Å². The number of imidazole rings is 1. The van der Waals surface area contributed by atoms with E-state index in [9.17, 15) is 0 Å². The Kier molecular flexibility index (Phi) is 4.24. The topological polar surface area (TPSA) is 43.8 Å². The van der Waals surface area contributed by atoms with Crippen molar-refractivity contribution in [2.45, 2.75) is 13.5 Å². The van der Waals surface area contributed by atoms with Crippen LogP contribution in [-0.2, 0) is 6.54 Å². The van der Waals surface area contributed by atoms with Gasteiger partial charge in [0.1, 0.15) is 7.40 Å². The molecule has 5 heteroatoms. The second kappa shape index (κ2) is 4.75. The van der Waals surface area contributed by atoms with Gasteiger partial charge in [-0.05, 0) is 57.6 Å². The molecule has 0 spiro atoms. The maximum absolute atomic E-state index is 5.54. The number of halogens is 2. The lowest BCUT2D eigenvalue weighted by atomic mass is 10.2. The molecule has 12 heavy (non-hydrogen) atoms. The van der Waals surface area contributed by atoms with E-state index in [1.165, 1.54) is 3.70 Å². The van der Waals surface area contributed by atoms with Crippen molar-refractivity contribution >= 4 is 45.2 Å². The summed E-state index contributed by atoms with van der Waals surface area (Å²) < 4.78 is 4.41. The fourth-order valence-electron chi connectivity index (χ4n) is 0.880. The lowest BCUT2D eigenvalue weighted by Gasteiger charge is -2.09. The van der Waals surface area contributed by atoms with Crippen LogP contribution in [0.15, 0.2) is 6.33 Å². The summed E-state index contributed by atoms with van der Waals surface area (Å²) >= 11 is 4.54. The highest BCUT2D eigenvalue weighted by Gasteiger charge is 2.07. The predicted molar refractivity (Wildman–Crippen MR) is 65.9 cm³/mol. The van der Waals surface area contributed by atoms with E-state index in [1.54, 1.807) is 0 Å². The van der Waals surface area contributed by atoms with Crippen molar-refractivity contribution in [2.75, 3.05) is 6.54 Å². The van der Waals surface area contributed by atoms with Crippen LogP contribution in [0.4, 0.5) is 0 Å². The molecule has 0 amide bonds. The SMILES string of the molecule is CC(CN)Cn1cnc(I)c1I. The van der Waals surface area contributed by atoms with Crippen LogP contribution in [0.25, 0.3) is 0 Å². The molecule has 0 aromatic carbocycles. The Bertz CT molecular complexity index is 259. The number of nitrogens with two attached hydrogens (primary N) is 1. The number of hydrogen-bond donors (Lipinski definition) is 1. The van der Waals surface area contributed by atoms with Crippen LogP contribution in [0.2, 0.25) is 0 Å². The van der Waals surface area contributed by atoms with Gasteiger partial charge in [0.25, 0.3) is 0 Å². The van der Waals surface area contributed by atoms with E-state index in [0.29, 0.717) is 5.92 Å². The van der Waals surface area contributed by atoms with Gasteiger partial charge in [0.2, 0.25) is 0 Å². The first kappa shape index (κ1) is 10.7. The lowest BCUT2D eigenvalue weighted by molar-refractivity contribution is 0.486. The molecule has 68 valence electrons. The zero-order valence-electron chi connectivity index (χ0n) is 6.80. The maximum atomic E-state index is 5.54. The molecule has 0 aliphatic heterocycles. The Labute approximate surface area is 99.4 Å². The number of nitrogens with zero attached hydrogens (tertiary/aromatic N) is 2. The molecule has 0 bridgehead atoms. The maximum Gasteiger partial charge on any atom is 0.132 e. The molecular weight excluding hydrogens is 380 g/mol. The van der Waals surface area contributed by atoms with Gasteiger partial charge >= 0.3 is 0 Å². The molecule has 1 aromatic rings. The Morgan fingerprint density at radius 2 is 2.33 bits per heavy atom. The summed E-state index contributed by atoms with van der Waals surface area (Å²) in [4.78, 5) is 4.20. The van der Waals surface area contributed by atoms with Crippen LogP contribution in [0.5, 0.6) is 0 Å². The average molecular weight is 391 g/mol. The smallest absolute Gasteiger partial charge is 0.132 e. The van der Waals surface area contributed by atoms with Crippen molar-refractivity contribution in [1.29, 1.82) is 0 Å². The summed E-state index contributed by atoms with van der Waals surface area (Å²) in [7, 11) is 0. The van der Waals surface area contributed by atoms with Crippen molar-refractivity contribution in [3.63, 3.8) is 0 Å². The molecule has 3 nitrogen and oxygen atoms in total. The largest absolute Gasteiger partial charge is 0.330 e. The quantitative estimate of drug-likeness (QED) is 0.798. The Morgan fingerprint density at radius 1 is 1.67 bits per heavy atom. The van der Waals surface area contributed by atoms with E-state index in [-0.39, 0.29) is 0 Å². The molecule has 0 aliphatic carbocycles. The van der Waals surface area contributed by atoms with Gasteiger partial charge in [-0.3, -0.25) is 0 Å². The van der Waals surface area contributed by atoms with Crippen molar-refractivity contribution < 1.29 is 0 Å². The molecule has 0 fully saturated rings. The van der Waals surface area contributed by atoms with E-state index < -0.39 is 0 Å². The standard InChI is InChI=1S/C7H11I2N3/c1-5(2-10)3-12-4-11-6(8)7(12)9/h4-5H,2-3,10H2,1H3. The zero-order valence-corrected chi connectivity index (χ0v) is 11.1. The molecule has 0 aliphatic rings. The number of aromatic nitrogens is 2. The van der Waals surface area contributed by atoms with Gasteiger partial charge in [-0.15, -0.1) is 0 Å². The second-order valence-corrected chi connectivity index (χ2v) is 4.86. The van der Waals surface area contributed by atoms with Gasteiger partial charge in [0.15, 0.2) is 0 Å².